The molecule has 0 aromatic heterocycles. The molecule has 112 valence electrons. The highest BCUT2D eigenvalue weighted by Gasteiger charge is 2.03. The van der Waals surface area contributed by atoms with Crippen LogP contribution in [0.25, 0.3) is 0 Å². The third kappa shape index (κ3) is 4.72. The molecule has 0 aliphatic rings. The van der Waals surface area contributed by atoms with Crippen LogP contribution in [0.15, 0.2) is 47.4 Å². The number of para-hydroxylation sites is 1. The third-order valence-corrected chi connectivity index (χ3v) is 3.98. The molecular formula is C16H17F2NOS. The van der Waals surface area contributed by atoms with Gasteiger partial charge in [0, 0.05) is 22.8 Å². The molecule has 0 saturated carbocycles. The van der Waals surface area contributed by atoms with Gasteiger partial charge in [-0.1, -0.05) is 18.2 Å². The van der Waals surface area contributed by atoms with E-state index in [1.54, 1.807) is 6.07 Å². The molecule has 0 bridgehead atoms. The standard InChI is InChI=1S/C16H17F2NOS/c17-14-7-6-13(10-15(14)18)21-9-3-8-20-16-5-2-1-4-12(16)11-19/h1-2,4-7,10H,3,8-9,11,19H2. The first kappa shape index (κ1) is 15.8. The fourth-order valence-electron chi connectivity index (χ4n) is 1.81. The summed E-state index contributed by atoms with van der Waals surface area (Å²) in [5, 5.41) is 0. The smallest absolute Gasteiger partial charge is 0.159 e. The van der Waals surface area contributed by atoms with Crippen molar-refractivity contribution >= 4 is 11.8 Å². The van der Waals surface area contributed by atoms with Crippen molar-refractivity contribution in [3.05, 3.63) is 59.7 Å². The van der Waals surface area contributed by atoms with Gasteiger partial charge in [0.2, 0.25) is 0 Å². The van der Waals surface area contributed by atoms with Crippen LogP contribution in [0.2, 0.25) is 0 Å². The summed E-state index contributed by atoms with van der Waals surface area (Å²) >= 11 is 1.48. The SMILES string of the molecule is NCc1ccccc1OCCCSc1ccc(F)c(F)c1. The lowest BCUT2D eigenvalue weighted by molar-refractivity contribution is 0.315. The van der Waals surface area contributed by atoms with Gasteiger partial charge < -0.3 is 10.5 Å². The van der Waals surface area contributed by atoms with Crippen LogP contribution >= 0.6 is 11.8 Å². The van der Waals surface area contributed by atoms with Gasteiger partial charge in [0.05, 0.1) is 6.61 Å². The first-order valence-corrected chi connectivity index (χ1v) is 7.68. The predicted molar refractivity (Wildman–Crippen MR) is 81.5 cm³/mol. The summed E-state index contributed by atoms with van der Waals surface area (Å²) in [5.41, 5.74) is 6.61. The summed E-state index contributed by atoms with van der Waals surface area (Å²) in [6, 6.07) is 11.6. The maximum atomic E-state index is 13.0. The molecule has 2 N–H and O–H groups in total. The van der Waals surface area contributed by atoms with Crippen LogP contribution in [0.1, 0.15) is 12.0 Å². The second-order valence-electron chi connectivity index (χ2n) is 4.44. The van der Waals surface area contributed by atoms with Gasteiger partial charge in [-0.05, 0) is 30.7 Å². The summed E-state index contributed by atoms with van der Waals surface area (Å²) in [4.78, 5) is 0.719. The van der Waals surface area contributed by atoms with E-state index < -0.39 is 11.6 Å². The minimum absolute atomic E-state index is 0.444. The molecule has 0 saturated heterocycles. The Balaban J connectivity index is 1.73. The number of hydrogen-bond acceptors (Lipinski definition) is 3. The van der Waals surface area contributed by atoms with Gasteiger partial charge in [0.1, 0.15) is 5.75 Å². The minimum Gasteiger partial charge on any atom is -0.493 e. The van der Waals surface area contributed by atoms with Gasteiger partial charge in [-0.25, -0.2) is 8.78 Å². The van der Waals surface area contributed by atoms with E-state index in [1.165, 1.54) is 17.8 Å². The number of thioether (sulfide) groups is 1. The summed E-state index contributed by atoms with van der Waals surface area (Å²) in [7, 11) is 0. The van der Waals surface area contributed by atoms with E-state index in [0.717, 1.165) is 34.4 Å². The second kappa shape index (κ2) is 8.00. The zero-order valence-electron chi connectivity index (χ0n) is 11.5. The van der Waals surface area contributed by atoms with E-state index in [4.69, 9.17) is 10.5 Å². The van der Waals surface area contributed by atoms with Crippen molar-refractivity contribution in [3.8, 4) is 5.75 Å². The molecule has 0 atom stereocenters. The van der Waals surface area contributed by atoms with Crippen LogP contribution in [0.5, 0.6) is 5.75 Å². The Kier molecular flexibility index (Phi) is 6.02. The number of rotatable bonds is 7. The maximum Gasteiger partial charge on any atom is 0.159 e. The average molecular weight is 309 g/mol. The van der Waals surface area contributed by atoms with E-state index in [0.29, 0.717) is 13.2 Å². The summed E-state index contributed by atoms with van der Waals surface area (Å²) < 4.78 is 31.5. The molecule has 0 spiro atoms. The molecule has 0 fully saturated rings. The molecule has 0 radical (unpaired) electrons. The second-order valence-corrected chi connectivity index (χ2v) is 5.61. The number of benzene rings is 2. The summed E-state index contributed by atoms with van der Waals surface area (Å²) in [5.74, 6) is -0.0532. The molecule has 0 aliphatic heterocycles. The molecule has 0 amide bonds. The van der Waals surface area contributed by atoms with Gasteiger partial charge in [-0.2, -0.15) is 0 Å². The van der Waals surface area contributed by atoms with E-state index in [1.807, 2.05) is 24.3 Å². The number of ether oxygens (including phenoxy) is 1. The van der Waals surface area contributed by atoms with Crippen molar-refractivity contribution in [1.29, 1.82) is 0 Å². The number of nitrogens with two attached hydrogens (primary N) is 1. The Labute approximate surface area is 127 Å². The Morgan fingerprint density at radius 1 is 1.05 bits per heavy atom. The van der Waals surface area contributed by atoms with Crippen molar-refractivity contribution in [2.75, 3.05) is 12.4 Å². The van der Waals surface area contributed by atoms with Crippen LogP contribution in [-0.4, -0.2) is 12.4 Å². The van der Waals surface area contributed by atoms with Crippen LogP contribution in [-0.2, 0) is 6.54 Å². The average Bonchev–Trinajstić information content (AvgIpc) is 2.51. The minimum atomic E-state index is -0.818. The van der Waals surface area contributed by atoms with E-state index in [-0.39, 0.29) is 0 Å². The highest BCUT2D eigenvalue weighted by molar-refractivity contribution is 7.99. The lowest BCUT2D eigenvalue weighted by atomic mass is 10.2. The Morgan fingerprint density at radius 3 is 2.62 bits per heavy atom. The lowest BCUT2D eigenvalue weighted by Crippen LogP contribution is -2.04. The van der Waals surface area contributed by atoms with E-state index in [9.17, 15) is 8.78 Å². The van der Waals surface area contributed by atoms with Gasteiger partial charge >= 0.3 is 0 Å². The fraction of sp³-hybridized carbons (Fsp3) is 0.250. The molecule has 0 aliphatic carbocycles. The van der Waals surface area contributed by atoms with Gasteiger partial charge in [-0.3, -0.25) is 0 Å². The molecule has 2 nitrogen and oxygen atoms in total. The highest BCUT2D eigenvalue weighted by atomic mass is 32.2. The van der Waals surface area contributed by atoms with Crippen LogP contribution < -0.4 is 10.5 Å². The molecule has 2 aromatic carbocycles. The maximum absolute atomic E-state index is 13.0. The van der Waals surface area contributed by atoms with Crippen molar-refractivity contribution in [2.24, 2.45) is 5.73 Å². The Bertz CT molecular complexity index is 592. The number of hydrogen-bond donors (Lipinski definition) is 1. The zero-order valence-corrected chi connectivity index (χ0v) is 12.3. The monoisotopic (exact) mass is 309 g/mol. The van der Waals surface area contributed by atoms with Crippen LogP contribution in [0.4, 0.5) is 8.78 Å². The quantitative estimate of drug-likeness (QED) is 0.620. The first-order valence-electron chi connectivity index (χ1n) is 6.69. The normalized spacial score (nSPS) is 10.6. The number of halogens is 2. The molecular weight excluding hydrogens is 292 g/mol. The van der Waals surface area contributed by atoms with Crippen molar-refractivity contribution in [1.82, 2.24) is 0 Å². The third-order valence-electron chi connectivity index (χ3n) is 2.90. The Hall–Kier alpha value is -1.59. The van der Waals surface area contributed by atoms with Gasteiger partial charge in [0.15, 0.2) is 11.6 Å². The molecule has 0 unspecified atom stereocenters. The molecule has 2 rings (SSSR count). The Morgan fingerprint density at radius 2 is 1.86 bits per heavy atom. The highest BCUT2D eigenvalue weighted by Crippen LogP contribution is 2.22. The molecule has 0 heterocycles. The van der Waals surface area contributed by atoms with E-state index in [2.05, 4.69) is 0 Å². The summed E-state index contributed by atoms with van der Waals surface area (Å²) in [6.45, 7) is 1.01. The van der Waals surface area contributed by atoms with Gasteiger partial charge in [-0.15, -0.1) is 11.8 Å². The molecule has 5 heteroatoms. The van der Waals surface area contributed by atoms with Crippen LogP contribution in [0, 0.1) is 11.6 Å². The van der Waals surface area contributed by atoms with E-state index >= 15 is 0 Å². The lowest BCUT2D eigenvalue weighted by Gasteiger charge is -2.10. The van der Waals surface area contributed by atoms with Crippen molar-refractivity contribution in [3.63, 3.8) is 0 Å². The van der Waals surface area contributed by atoms with Crippen molar-refractivity contribution < 1.29 is 13.5 Å². The topological polar surface area (TPSA) is 35.2 Å². The molecule has 2 aromatic rings. The van der Waals surface area contributed by atoms with Crippen molar-refractivity contribution in [2.45, 2.75) is 17.9 Å². The van der Waals surface area contributed by atoms with Gasteiger partial charge in [0.25, 0.3) is 0 Å². The van der Waals surface area contributed by atoms with Crippen LogP contribution in [0.3, 0.4) is 0 Å². The summed E-state index contributed by atoms with van der Waals surface area (Å²) in [6.07, 6.45) is 0.808. The first-order chi connectivity index (χ1) is 10.2. The largest absolute Gasteiger partial charge is 0.493 e. The fourth-order valence-corrected chi connectivity index (χ4v) is 2.66. The molecule has 21 heavy (non-hydrogen) atoms. The predicted octanol–water partition coefficient (Wildman–Crippen LogP) is 3.98. The zero-order chi connectivity index (χ0) is 15.1.